The maximum Gasteiger partial charge on any atom is 0.0669 e. The Kier molecular flexibility index (Phi) is 6.76. The highest BCUT2D eigenvalue weighted by Gasteiger charge is 2.17. The maximum atomic E-state index is 9.40. The molecule has 4 aromatic carbocycles. The molecule has 0 aliphatic rings. The molecule has 0 aliphatic heterocycles. The molecule has 4 aromatic rings. The highest BCUT2D eigenvalue weighted by atomic mass is 14.3. The van der Waals surface area contributed by atoms with Crippen LogP contribution in [0.4, 0.5) is 0 Å². The lowest BCUT2D eigenvalue weighted by atomic mass is 9.85. The lowest BCUT2D eigenvalue weighted by molar-refractivity contribution is 1.16. The Morgan fingerprint density at radius 2 is 0.444 bits per heavy atom. The summed E-state index contributed by atoms with van der Waals surface area (Å²) in [5.41, 5.74) is 4.63. The number of nitrogens with zero attached hydrogens (tertiary/aromatic N) is 6. The molecule has 0 fully saturated rings. The van der Waals surface area contributed by atoms with Gasteiger partial charge in [-0.25, -0.2) is 0 Å². The largest absolute Gasteiger partial charge is 0.198 e. The fourth-order valence-electron chi connectivity index (χ4n) is 4.90. The van der Waals surface area contributed by atoms with Crippen LogP contribution in [0.25, 0.3) is 32.3 Å². The van der Waals surface area contributed by atoms with Gasteiger partial charge in [0.05, 0.1) is 74.9 Å². The summed E-state index contributed by atoms with van der Waals surface area (Å²) in [5, 5.41) is 61.7. The van der Waals surface area contributed by atoms with E-state index in [0.29, 0.717) is 0 Å². The molecule has 0 amide bonds. The van der Waals surface area contributed by atoms with Crippen LogP contribution < -0.4 is 0 Å². The molecule has 0 unspecified atom stereocenters. The van der Waals surface area contributed by atoms with Crippen molar-refractivity contribution in [3.63, 3.8) is 0 Å². The molecule has 0 bridgehead atoms. The van der Waals surface area contributed by atoms with Gasteiger partial charge in [-0.3, -0.25) is 0 Å². The van der Waals surface area contributed by atoms with Crippen molar-refractivity contribution in [2.45, 2.75) is 38.5 Å². The zero-order valence-corrected chi connectivity index (χ0v) is 19.4. The van der Waals surface area contributed by atoms with Gasteiger partial charge in [-0.05, 0) is 102 Å². The lowest BCUT2D eigenvalue weighted by Crippen LogP contribution is -1.99. The van der Waals surface area contributed by atoms with Crippen molar-refractivity contribution in [1.29, 1.82) is 31.6 Å². The van der Waals surface area contributed by atoms with Crippen molar-refractivity contribution in [3.8, 4) is 36.4 Å². The van der Waals surface area contributed by atoms with E-state index in [9.17, 15) is 31.6 Å². The Balaban J connectivity index is 2.28. The van der Waals surface area contributed by atoms with Crippen LogP contribution in [0.2, 0.25) is 0 Å². The van der Waals surface area contributed by atoms with Crippen LogP contribution in [0, 0.1) is 68.0 Å². The minimum Gasteiger partial charge on any atom is -0.198 e. The zero-order valence-electron chi connectivity index (χ0n) is 19.4. The molecule has 36 heavy (non-hydrogen) atoms. The first-order valence-corrected chi connectivity index (χ1v) is 11.3. The molecule has 0 saturated carbocycles. The zero-order chi connectivity index (χ0) is 25.7. The molecule has 0 radical (unpaired) electrons. The first-order valence-electron chi connectivity index (χ1n) is 11.3. The van der Waals surface area contributed by atoms with Crippen molar-refractivity contribution in [1.82, 2.24) is 0 Å². The van der Waals surface area contributed by atoms with Crippen LogP contribution in [-0.4, -0.2) is 0 Å². The predicted octanol–water partition coefficient (Wildman–Crippen LogP) is 5.54. The Hall–Kier alpha value is -5.40. The molecule has 0 spiro atoms. The molecule has 4 rings (SSSR count). The summed E-state index contributed by atoms with van der Waals surface area (Å²) in [5.74, 6) is 0. The van der Waals surface area contributed by atoms with Gasteiger partial charge in [0.15, 0.2) is 0 Å². The van der Waals surface area contributed by atoms with E-state index in [-0.39, 0.29) is 38.5 Å². The van der Waals surface area contributed by atoms with Gasteiger partial charge in [0.2, 0.25) is 0 Å². The Labute approximate surface area is 208 Å². The van der Waals surface area contributed by atoms with E-state index in [1.165, 1.54) is 0 Å². The third-order valence-corrected chi connectivity index (χ3v) is 6.51. The van der Waals surface area contributed by atoms with Gasteiger partial charge in [-0.15, -0.1) is 0 Å². The van der Waals surface area contributed by atoms with E-state index in [2.05, 4.69) is 36.4 Å². The van der Waals surface area contributed by atoms with Gasteiger partial charge in [0.25, 0.3) is 0 Å². The van der Waals surface area contributed by atoms with Crippen molar-refractivity contribution >= 4 is 32.3 Å². The van der Waals surface area contributed by atoms with E-state index in [0.717, 1.165) is 65.7 Å². The van der Waals surface area contributed by atoms with Gasteiger partial charge in [0.1, 0.15) is 0 Å². The Morgan fingerprint density at radius 1 is 0.306 bits per heavy atom. The minimum absolute atomic E-state index is 0.158. The summed E-state index contributed by atoms with van der Waals surface area (Å²) in [7, 11) is 0. The van der Waals surface area contributed by atoms with Crippen molar-refractivity contribution < 1.29 is 0 Å². The molecule has 0 aromatic heterocycles. The Morgan fingerprint density at radius 3 is 0.556 bits per heavy atom. The number of hydrogen-bond donors (Lipinski definition) is 0. The number of rotatable bonds is 6. The van der Waals surface area contributed by atoms with Crippen LogP contribution in [0.1, 0.15) is 33.4 Å². The summed E-state index contributed by atoms with van der Waals surface area (Å²) >= 11 is 0. The quantitative estimate of drug-likeness (QED) is 0.344. The summed E-state index contributed by atoms with van der Waals surface area (Å²) in [6.07, 6.45) is 0.945. The van der Waals surface area contributed by atoms with Crippen LogP contribution in [-0.2, 0) is 38.5 Å². The van der Waals surface area contributed by atoms with Crippen LogP contribution in [0.5, 0.6) is 0 Å². The van der Waals surface area contributed by atoms with Crippen molar-refractivity contribution in [2.24, 2.45) is 0 Å². The first kappa shape index (κ1) is 23.7. The average molecular weight is 463 g/mol. The number of fused-ring (bicyclic) bond motifs is 6. The highest BCUT2D eigenvalue weighted by Crippen LogP contribution is 2.39. The van der Waals surface area contributed by atoms with Gasteiger partial charge in [0, 0.05) is 0 Å². The third kappa shape index (κ3) is 4.13. The van der Waals surface area contributed by atoms with Crippen molar-refractivity contribution in [2.75, 3.05) is 0 Å². The average Bonchev–Trinajstić information content (AvgIpc) is 2.87. The van der Waals surface area contributed by atoms with Crippen LogP contribution >= 0.6 is 0 Å². The fourth-order valence-corrected chi connectivity index (χ4v) is 4.90. The molecule has 0 saturated heterocycles. The Bertz CT molecular complexity index is 1430. The van der Waals surface area contributed by atoms with Gasteiger partial charge < -0.3 is 0 Å². The third-order valence-electron chi connectivity index (χ3n) is 6.51. The molecule has 0 atom stereocenters. The molecule has 6 heteroatoms. The van der Waals surface area contributed by atoms with E-state index >= 15 is 0 Å². The molecule has 6 nitrogen and oxygen atoms in total. The summed E-state index contributed by atoms with van der Waals surface area (Å²) in [6.45, 7) is 0. The van der Waals surface area contributed by atoms with Gasteiger partial charge in [-0.2, -0.15) is 31.6 Å². The standard InChI is InChI=1S/C30H18N6/c31-7-1-19-13-25-26(14-20(19)2-8-32)28-16-22(4-10-34)24(6-12-36)18-30(28)29-17-23(5-11-35)21(3-9-33)15-27(25)29/h13-18H,1-6H2. The van der Waals surface area contributed by atoms with E-state index in [1.54, 1.807) is 0 Å². The van der Waals surface area contributed by atoms with E-state index in [1.807, 2.05) is 36.4 Å². The van der Waals surface area contributed by atoms with Gasteiger partial charge >= 0.3 is 0 Å². The monoisotopic (exact) mass is 462 g/mol. The SMILES string of the molecule is N#CCc1cc2c3cc(CC#N)c(CC#N)cc3c3cc(CC#N)c(CC#N)cc3c2cc1CC#N. The summed E-state index contributed by atoms with van der Waals surface area (Å²) in [6, 6.07) is 24.8. The fraction of sp³-hybridized carbons (Fsp3) is 0.200. The molecule has 0 aliphatic carbocycles. The van der Waals surface area contributed by atoms with Gasteiger partial charge in [-0.1, -0.05) is 0 Å². The molecule has 0 heterocycles. The summed E-state index contributed by atoms with van der Waals surface area (Å²) < 4.78 is 0. The van der Waals surface area contributed by atoms with E-state index in [4.69, 9.17) is 0 Å². The first-order chi connectivity index (χ1) is 17.6. The van der Waals surface area contributed by atoms with Crippen LogP contribution in [0.15, 0.2) is 36.4 Å². The highest BCUT2D eigenvalue weighted by molar-refractivity contribution is 6.26. The topological polar surface area (TPSA) is 143 Å². The summed E-state index contributed by atoms with van der Waals surface area (Å²) in [4.78, 5) is 0. The second-order valence-electron chi connectivity index (χ2n) is 8.51. The second-order valence-corrected chi connectivity index (χ2v) is 8.51. The second kappa shape index (κ2) is 10.3. The molecular weight excluding hydrogens is 444 g/mol. The number of benzene rings is 4. The predicted molar refractivity (Wildman–Crippen MR) is 135 cm³/mol. The lowest BCUT2D eigenvalue weighted by Gasteiger charge is -2.17. The maximum absolute atomic E-state index is 9.40. The molecule has 168 valence electrons. The number of nitriles is 6. The normalized spacial score (nSPS) is 10.2. The number of hydrogen-bond acceptors (Lipinski definition) is 6. The smallest absolute Gasteiger partial charge is 0.0669 e. The minimum atomic E-state index is 0.158. The molecular formula is C30H18N6. The van der Waals surface area contributed by atoms with Crippen LogP contribution in [0.3, 0.4) is 0 Å². The van der Waals surface area contributed by atoms with E-state index < -0.39 is 0 Å². The van der Waals surface area contributed by atoms with Crippen molar-refractivity contribution in [3.05, 3.63) is 69.8 Å². The molecule has 0 N–H and O–H groups in total.